The van der Waals surface area contributed by atoms with E-state index < -0.39 is 6.04 Å². The van der Waals surface area contributed by atoms with Gasteiger partial charge in [-0.3, -0.25) is 9.59 Å². The quantitative estimate of drug-likeness (QED) is 0.753. The molecular formula is C21H25FN2O2S. The first-order chi connectivity index (χ1) is 12.9. The van der Waals surface area contributed by atoms with Crippen LogP contribution in [0.25, 0.3) is 0 Å². The van der Waals surface area contributed by atoms with Crippen LogP contribution in [0, 0.1) is 12.7 Å². The molecule has 2 rings (SSSR count). The first kappa shape index (κ1) is 21.0. The van der Waals surface area contributed by atoms with Gasteiger partial charge in [0.25, 0.3) is 0 Å². The lowest BCUT2D eigenvalue weighted by molar-refractivity contribution is -0.138. The van der Waals surface area contributed by atoms with Crippen molar-refractivity contribution in [3.05, 3.63) is 71.0 Å². The summed E-state index contributed by atoms with van der Waals surface area (Å²) < 4.78 is 13.7. The van der Waals surface area contributed by atoms with Crippen molar-refractivity contribution < 1.29 is 14.0 Å². The van der Waals surface area contributed by atoms with E-state index in [1.165, 1.54) is 17.8 Å². The SMILES string of the molecule is CNC(=O)[C@H](C)N(Cc1cccc(C)c1)C(=O)CSCc1ccccc1F. The molecule has 0 fully saturated rings. The largest absolute Gasteiger partial charge is 0.357 e. The van der Waals surface area contributed by atoms with Gasteiger partial charge in [0.05, 0.1) is 5.75 Å². The van der Waals surface area contributed by atoms with Crippen molar-refractivity contribution >= 4 is 23.6 Å². The van der Waals surface area contributed by atoms with Gasteiger partial charge in [0, 0.05) is 19.3 Å². The zero-order valence-corrected chi connectivity index (χ0v) is 16.7. The summed E-state index contributed by atoms with van der Waals surface area (Å²) in [6.45, 7) is 4.06. The van der Waals surface area contributed by atoms with Crippen LogP contribution in [0.5, 0.6) is 0 Å². The Morgan fingerprint density at radius 3 is 2.59 bits per heavy atom. The van der Waals surface area contributed by atoms with Crippen LogP contribution in [0.1, 0.15) is 23.6 Å². The molecule has 0 aliphatic heterocycles. The van der Waals surface area contributed by atoms with Crippen molar-refractivity contribution in [2.24, 2.45) is 0 Å². The van der Waals surface area contributed by atoms with Gasteiger partial charge in [0.15, 0.2) is 0 Å². The fraction of sp³-hybridized carbons (Fsp3) is 0.333. The van der Waals surface area contributed by atoms with Crippen LogP contribution in [-0.4, -0.2) is 35.6 Å². The van der Waals surface area contributed by atoms with Gasteiger partial charge in [-0.2, -0.15) is 0 Å². The van der Waals surface area contributed by atoms with Gasteiger partial charge in [-0.15, -0.1) is 11.8 Å². The Morgan fingerprint density at radius 1 is 1.19 bits per heavy atom. The molecule has 0 aliphatic carbocycles. The molecule has 2 aromatic carbocycles. The molecule has 4 nitrogen and oxygen atoms in total. The van der Waals surface area contributed by atoms with E-state index in [0.29, 0.717) is 17.9 Å². The standard InChI is InChI=1S/C21H25FN2O2S/c1-15-7-6-8-17(11-15)12-24(16(2)21(26)23-3)20(25)14-27-13-18-9-4-5-10-19(18)22/h4-11,16H,12-14H2,1-3H3,(H,23,26)/t16-/m0/s1. The number of likely N-dealkylation sites (N-methyl/N-ethyl adjacent to an activating group) is 1. The van der Waals surface area contributed by atoms with Gasteiger partial charge in [-0.25, -0.2) is 4.39 Å². The van der Waals surface area contributed by atoms with Gasteiger partial charge in [-0.1, -0.05) is 48.0 Å². The van der Waals surface area contributed by atoms with E-state index in [2.05, 4.69) is 5.32 Å². The predicted molar refractivity (Wildman–Crippen MR) is 108 cm³/mol. The minimum atomic E-state index is -0.586. The van der Waals surface area contributed by atoms with Crippen molar-refractivity contribution in [1.82, 2.24) is 10.2 Å². The van der Waals surface area contributed by atoms with E-state index >= 15 is 0 Å². The van der Waals surface area contributed by atoms with Crippen molar-refractivity contribution in [2.75, 3.05) is 12.8 Å². The summed E-state index contributed by atoms with van der Waals surface area (Å²) in [5.74, 6) is -0.0381. The lowest BCUT2D eigenvalue weighted by atomic mass is 10.1. The van der Waals surface area contributed by atoms with E-state index in [9.17, 15) is 14.0 Å². The highest BCUT2D eigenvalue weighted by atomic mass is 32.2. The number of rotatable bonds is 8. The molecule has 1 N–H and O–H groups in total. The maximum absolute atomic E-state index is 13.7. The van der Waals surface area contributed by atoms with Crippen LogP contribution in [0.3, 0.4) is 0 Å². The smallest absolute Gasteiger partial charge is 0.242 e. The van der Waals surface area contributed by atoms with Gasteiger partial charge in [0.2, 0.25) is 11.8 Å². The summed E-state index contributed by atoms with van der Waals surface area (Å²) in [5, 5.41) is 2.60. The first-order valence-corrected chi connectivity index (χ1v) is 9.95. The highest BCUT2D eigenvalue weighted by Crippen LogP contribution is 2.18. The highest BCUT2D eigenvalue weighted by molar-refractivity contribution is 7.99. The van der Waals surface area contributed by atoms with Crippen molar-refractivity contribution in [3.63, 3.8) is 0 Å². The van der Waals surface area contributed by atoms with Gasteiger partial charge in [-0.05, 0) is 31.0 Å². The third kappa shape index (κ3) is 6.10. The zero-order chi connectivity index (χ0) is 19.8. The molecule has 0 spiro atoms. The highest BCUT2D eigenvalue weighted by Gasteiger charge is 2.25. The predicted octanol–water partition coefficient (Wildman–Crippen LogP) is 3.53. The lowest BCUT2D eigenvalue weighted by Gasteiger charge is -2.28. The lowest BCUT2D eigenvalue weighted by Crippen LogP contribution is -2.47. The maximum Gasteiger partial charge on any atom is 0.242 e. The summed E-state index contributed by atoms with van der Waals surface area (Å²) in [6, 6.07) is 13.8. The topological polar surface area (TPSA) is 49.4 Å². The summed E-state index contributed by atoms with van der Waals surface area (Å²) in [4.78, 5) is 26.5. The molecule has 0 saturated carbocycles. The van der Waals surface area contributed by atoms with Gasteiger partial charge in [0.1, 0.15) is 11.9 Å². The number of benzene rings is 2. The summed E-state index contributed by atoms with van der Waals surface area (Å²) in [5.41, 5.74) is 2.64. The normalized spacial score (nSPS) is 11.7. The molecule has 0 heterocycles. The molecule has 0 aromatic heterocycles. The van der Waals surface area contributed by atoms with E-state index in [-0.39, 0.29) is 23.4 Å². The molecule has 2 amide bonds. The number of halogens is 1. The number of amides is 2. The molecule has 0 radical (unpaired) electrons. The molecule has 0 aliphatic rings. The fourth-order valence-electron chi connectivity index (χ4n) is 2.75. The number of hydrogen-bond acceptors (Lipinski definition) is 3. The minimum absolute atomic E-state index is 0.144. The van der Waals surface area contributed by atoms with E-state index in [0.717, 1.165) is 11.1 Å². The minimum Gasteiger partial charge on any atom is -0.357 e. The molecule has 2 aromatic rings. The molecule has 0 bridgehead atoms. The van der Waals surface area contributed by atoms with Crippen LogP contribution >= 0.6 is 11.8 Å². The van der Waals surface area contributed by atoms with E-state index in [1.54, 1.807) is 37.1 Å². The average Bonchev–Trinajstić information content (AvgIpc) is 2.66. The second-order valence-electron chi connectivity index (χ2n) is 6.39. The van der Waals surface area contributed by atoms with Crippen molar-refractivity contribution in [1.29, 1.82) is 0 Å². The fourth-order valence-corrected chi connectivity index (χ4v) is 3.64. The van der Waals surface area contributed by atoms with Crippen LogP contribution in [0.2, 0.25) is 0 Å². The Bertz CT molecular complexity index is 797. The second kappa shape index (κ2) is 10.1. The number of nitrogens with one attached hydrogen (secondary N) is 1. The van der Waals surface area contributed by atoms with Crippen molar-refractivity contribution in [3.8, 4) is 0 Å². The number of carbonyl (C=O) groups excluding carboxylic acids is 2. The second-order valence-corrected chi connectivity index (χ2v) is 7.37. The molecule has 6 heteroatoms. The van der Waals surface area contributed by atoms with Crippen LogP contribution in [0.4, 0.5) is 4.39 Å². The summed E-state index contributed by atoms with van der Waals surface area (Å²) >= 11 is 1.34. The number of carbonyl (C=O) groups is 2. The molecule has 27 heavy (non-hydrogen) atoms. The van der Waals surface area contributed by atoms with Crippen LogP contribution in [0.15, 0.2) is 48.5 Å². The van der Waals surface area contributed by atoms with Crippen LogP contribution < -0.4 is 5.32 Å². The Morgan fingerprint density at radius 2 is 1.93 bits per heavy atom. The van der Waals surface area contributed by atoms with Gasteiger partial charge < -0.3 is 10.2 Å². The molecule has 0 unspecified atom stereocenters. The third-order valence-corrected chi connectivity index (χ3v) is 5.26. The summed E-state index contributed by atoms with van der Waals surface area (Å²) in [6.07, 6.45) is 0. The molecule has 0 saturated heterocycles. The number of nitrogens with zero attached hydrogens (tertiary/aromatic N) is 1. The molecule has 1 atom stereocenters. The van der Waals surface area contributed by atoms with Gasteiger partial charge >= 0.3 is 0 Å². The number of hydrogen-bond donors (Lipinski definition) is 1. The number of thioether (sulfide) groups is 1. The van der Waals surface area contributed by atoms with E-state index in [1.807, 2.05) is 31.2 Å². The first-order valence-electron chi connectivity index (χ1n) is 8.80. The third-order valence-electron chi connectivity index (χ3n) is 4.29. The Hall–Kier alpha value is -2.34. The summed E-state index contributed by atoms with van der Waals surface area (Å²) in [7, 11) is 1.56. The van der Waals surface area contributed by atoms with Crippen LogP contribution in [-0.2, 0) is 21.9 Å². The Kier molecular flexibility index (Phi) is 7.85. The average molecular weight is 389 g/mol. The Labute approximate surface area is 164 Å². The maximum atomic E-state index is 13.7. The molecule has 144 valence electrons. The molecular weight excluding hydrogens is 363 g/mol. The number of aryl methyl sites for hydroxylation is 1. The Balaban J connectivity index is 2.06. The zero-order valence-electron chi connectivity index (χ0n) is 15.9. The van der Waals surface area contributed by atoms with E-state index in [4.69, 9.17) is 0 Å². The van der Waals surface area contributed by atoms with Crippen molar-refractivity contribution in [2.45, 2.75) is 32.2 Å². The monoisotopic (exact) mass is 388 g/mol.